The summed E-state index contributed by atoms with van der Waals surface area (Å²) in [7, 11) is 0. The number of nitrogens with zero attached hydrogens (tertiary/aromatic N) is 1. The van der Waals surface area contributed by atoms with Crippen LogP contribution in [-0.2, 0) is 17.9 Å². The molecule has 1 heterocycles. The summed E-state index contributed by atoms with van der Waals surface area (Å²) in [5.41, 5.74) is 2.38. The first-order valence-electron chi connectivity index (χ1n) is 10.6. The van der Waals surface area contributed by atoms with Gasteiger partial charge in [-0.15, -0.1) is 0 Å². The van der Waals surface area contributed by atoms with Gasteiger partial charge in [0, 0.05) is 31.7 Å². The van der Waals surface area contributed by atoms with Crippen molar-refractivity contribution in [3.8, 4) is 5.75 Å². The summed E-state index contributed by atoms with van der Waals surface area (Å²) < 4.78 is 5.86. The molecule has 2 atom stereocenters. The van der Waals surface area contributed by atoms with E-state index < -0.39 is 0 Å². The fourth-order valence-electron chi connectivity index (χ4n) is 3.84. The van der Waals surface area contributed by atoms with Crippen molar-refractivity contribution in [2.75, 3.05) is 13.1 Å². The monoisotopic (exact) mass is 395 g/mol. The van der Waals surface area contributed by atoms with Crippen LogP contribution in [-0.4, -0.2) is 42.0 Å². The molecule has 1 amide bonds. The van der Waals surface area contributed by atoms with E-state index >= 15 is 0 Å². The third-order valence-corrected chi connectivity index (χ3v) is 5.42. The zero-order valence-electron chi connectivity index (χ0n) is 17.7. The number of nitrogens with one attached hydrogen (secondary N) is 2. The van der Waals surface area contributed by atoms with Crippen LogP contribution in [0, 0.1) is 0 Å². The molecule has 0 unspecified atom stereocenters. The number of benzene rings is 2. The molecule has 3 rings (SSSR count). The van der Waals surface area contributed by atoms with E-state index in [1.807, 2.05) is 37.3 Å². The second kappa shape index (κ2) is 10.4. The zero-order valence-corrected chi connectivity index (χ0v) is 17.7. The molecular formula is C24H33N3O2. The van der Waals surface area contributed by atoms with Crippen molar-refractivity contribution in [1.29, 1.82) is 0 Å². The predicted molar refractivity (Wildman–Crippen MR) is 117 cm³/mol. The summed E-state index contributed by atoms with van der Waals surface area (Å²) in [6.07, 6.45) is 0.849. The molecule has 156 valence electrons. The highest BCUT2D eigenvalue weighted by Gasteiger charge is 2.37. The molecule has 0 aromatic heterocycles. The van der Waals surface area contributed by atoms with E-state index in [-0.39, 0.29) is 11.9 Å². The fourth-order valence-corrected chi connectivity index (χ4v) is 3.84. The summed E-state index contributed by atoms with van der Waals surface area (Å²) in [4.78, 5) is 14.7. The van der Waals surface area contributed by atoms with Crippen LogP contribution in [0.15, 0.2) is 54.6 Å². The molecule has 0 bridgehead atoms. The van der Waals surface area contributed by atoms with Gasteiger partial charge in [0.1, 0.15) is 12.4 Å². The Kier molecular flexibility index (Phi) is 7.67. The predicted octanol–water partition coefficient (Wildman–Crippen LogP) is 3.34. The zero-order chi connectivity index (χ0) is 20.6. The number of carbonyl (C=O) groups excluding carboxylic acids is 1. The van der Waals surface area contributed by atoms with Gasteiger partial charge in [0.25, 0.3) is 0 Å². The molecule has 2 aromatic rings. The van der Waals surface area contributed by atoms with Crippen LogP contribution in [0.25, 0.3) is 0 Å². The van der Waals surface area contributed by atoms with Crippen LogP contribution in [0.5, 0.6) is 5.75 Å². The number of amides is 1. The summed E-state index contributed by atoms with van der Waals surface area (Å²) in [6.45, 7) is 9.22. The van der Waals surface area contributed by atoms with E-state index in [0.29, 0.717) is 25.2 Å². The third-order valence-electron chi connectivity index (χ3n) is 5.42. The summed E-state index contributed by atoms with van der Waals surface area (Å²) in [5, 5.41) is 6.60. The first-order valence-corrected chi connectivity index (χ1v) is 10.6. The van der Waals surface area contributed by atoms with E-state index in [1.165, 1.54) is 5.56 Å². The molecule has 29 heavy (non-hydrogen) atoms. The van der Waals surface area contributed by atoms with Crippen molar-refractivity contribution >= 4 is 5.91 Å². The Hall–Kier alpha value is -2.37. The lowest BCUT2D eigenvalue weighted by Gasteiger charge is -2.27. The lowest BCUT2D eigenvalue weighted by molar-refractivity contribution is -0.125. The van der Waals surface area contributed by atoms with Gasteiger partial charge in [0.2, 0.25) is 5.91 Å². The topological polar surface area (TPSA) is 53.6 Å². The van der Waals surface area contributed by atoms with Gasteiger partial charge in [-0.05, 0) is 50.5 Å². The van der Waals surface area contributed by atoms with Gasteiger partial charge >= 0.3 is 0 Å². The van der Waals surface area contributed by atoms with Gasteiger partial charge in [-0.3, -0.25) is 9.69 Å². The Balaban J connectivity index is 1.49. The van der Waals surface area contributed by atoms with Crippen molar-refractivity contribution in [1.82, 2.24) is 15.5 Å². The molecule has 1 fully saturated rings. The molecule has 0 saturated carbocycles. The maximum absolute atomic E-state index is 12.4. The first kappa shape index (κ1) is 21.3. The molecule has 1 aliphatic rings. The molecule has 2 aromatic carbocycles. The Morgan fingerprint density at radius 1 is 1.10 bits per heavy atom. The van der Waals surface area contributed by atoms with Crippen molar-refractivity contribution in [2.24, 2.45) is 0 Å². The largest absolute Gasteiger partial charge is 0.489 e. The number of rotatable bonds is 9. The Labute approximate surface area is 174 Å². The standard InChI is InChI=1S/C24H33N3O2/c1-4-25-24(28)23-14-21(16-27(23)18(2)3)26-15-19-10-12-22(13-11-19)29-17-20-8-6-5-7-9-20/h5-13,18,21,23,26H,4,14-17H2,1-3H3,(H,25,28)/t21-,23-/m0/s1. The van der Waals surface area contributed by atoms with Crippen LogP contribution >= 0.6 is 0 Å². The Morgan fingerprint density at radius 3 is 2.48 bits per heavy atom. The number of likely N-dealkylation sites (N-methyl/N-ethyl adjacent to an activating group) is 1. The maximum Gasteiger partial charge on any atom is 0.237 e. The van der Waals surface area contributed by atoms with E-state index in [1.54, 1.807) is 0 Å². The van der Waals surface area contributed by atoms with Gasteiger partial charge in [-0.25, -0.2) is 0 Å². The third kappa shape index (κ3) is 6.05. The maximum atomic E-state index is 12.4. The van der Waals surface area contributed by atoms with Gasteiger partial charge in [0.05, 0.1) is 6.04 Å². The molecule has 1 saturated heterocycles. The summed E-state index contributed by atoms with van der Waals surface area (Å²) in [5.74, 6) is 1.02. The van der Waals surface area contributed by atoms with Crippen LogP contribution < -0.4 is 15.4 Å². The number of ether oxygens (including phenoxy) is 1. The smallest absolute Gasteiger partial charge is 0.237 e. The number of hydrogen-bond donors (Lipinski definition) is 2. The minimum atomic E-state index is -0.0405. The van der Waals surface area contributed by atoms with Gasteiger partial charge < -0.3 is 15.4 Å². The highest BCUT2D eigenvalue weighted by Crippen LogP contribution is 2.22. The molecule has 0 spiro atoms. The molecule has 0 aliphatic carbocycles. The Morgan fingerprint density at radius 2 is 1.83 bits per heavy atom. The molecule has 5 heteroatoms. The lowest BCUT2D eigenvalue weighted by atomic mass is 10.1. The highest BCUT2D eigenvalue weighted by molar-refractivity contribution is 5.82. The van der Waals surface area contributed by atoms with Crippen molar-refractivity contribution < 1.29 is 9.53 Å². The minimum absolute atomic E-state index is 0.0405. The van der Waals surface area contributed by atoms with Gasteiger partial charge in [-0.2, -0.15) is 0 Å². The number of carbonyl (C=O) groups is 1. The lowest BCUT2D eigenvalue weighted by Crippen LogP contribution is -2.46. The number of likely N-dealkylation sites (tertiary alicyclic amines) is 1. The quantitative estimate of drug-likeness (QED) is 0.684. The van der Waals surface area contributed by atoms with Crippen molar-refractivity contribution in [2.45, 2.75) is 58.5 Å². The normalized spacial score (nSPS) is 19.4. The van der Waals surface area contributed by atoms with Crippen molar-refractivity contribution in [3.05, 3.63) is 65.7 Å². The second-order valence-corrected chi connectivity index (χ2v) is 7.93. The average molecular weight is 396 g/mol. The first-order chi connectivity index (χ1) is 14.1. The van der Waals surface area contributed by atoms with E-state index in [0.717, 1.165) is 30.8 Å². The van der Waals surface area contributed by atoms with Gasteiger partial charge in [-0.1, -0.05) is 42.5 Å². The van der Waals surface area contributed by atoms with E-state index in [4.69, 9.17) is 4.74 Å². The molecule has 5 nitrogen and oxygen atoms in total. The van der Waals surface area contributed by atoms with E-state index in [9.17, 15) is 4.79 Å². The Bertz CT molecular complexity index is 761. The van der Waals surface area contributed by atoms with E-state index in [2.05, 4.69) is 53.6 Å². The number of hydrogen-bond acceptors (Lipinski definition) is 4. The molecular weight excluding hydrogens is 362 g/mol. The van der Waals surface area contributed by atoms with Crippen LogP contribution in [0.3, 0.4) is 0 Å². The van der Waals surface area contributed by atoms with Crippen LogP contribution in [0.1, 0.15) is 38.3 Å². The highest BCUT2D eigenvalue weighted by atomic mass is 16.5. The van der Waals surface area contributed by atoms with Crippen molar-refractivity contribution in [3.63, 3.8) is 0 Å². The summed E-state index contributed by atoms with van der Waals surface area (Å²) in [6, 6.07) is 19.1. The molecule has 2 N–H and O–H groups in total. The minimum Gasteiger partial charge on any atom is -0.489 e. The molecule has 0 radical (unpaired) electrons. The van der Waals surface area contributed by atoms with Crippen LogP contribution in [0.4, 0.5) is 0 Å². The SMILES string of the molecule is CCNC(=O)[C@@H]1C[C@H](NCc2ccc(OCc3ccccc3)cc2)CN1C(C)C. The van der Waals surface area contributed by atoms with Gasteiger partial charge in [0.15, 0.2) is 0 Å². The summed E-state index contributed by atoms with van der Waals surface area (Å²) >= 11 is 0. The average Bonchev–Trinajstić information content (AvgIpc) is 3.17. The van der Waals surface area contributed by atoms with Crippen LogP contribution in [0.2, 0.25) is 0 Å². The molecule has 1 aliphatic heterocycles. The fraction of sp³-hybridized carbons (Fsp3) is 0.458. The second-order valence-electron chi connectivity index (χ2n) is 7.93.